The van der Waals surface area contributed by atoms with E-state index in [-0.39, 0.29) is 29.0 Å². The lowest BCUT2D eigenvalue weighted by atomic mass is 10.2. The first-order chi connectivity index (χ1) is 11.9. The van der Waals surface area contributed by atoms with E-state index in [1.54, 1.807) is 12.3 Å². The van der Waals surface area contributed by atoms with Crippen molar-refractivity contribution < 1.29 is 24.5 Å². The molecule has 9 heteroatoms. The molecule has 0 aliphatic carbocycles. The van der Waals surface area contributed by atoms with Crippen molar-refractivity contribution in [1.82, 2.24) is 9.97 Å². The largest absolute Gasteiger partial charge is 0.503 e. The van der Waals surface area contributed by atoms with Gasteiger partial charge in [0.15, 0.2) is 17.2 Å². The second kappa shape index (κ2) is 8.13. The third kappa shape index (κ3) is 4.18. The number of carbonyl (C=O) groups excluding carboxylic acids is 1. The summed E-state index contributed by atoms with van der Waals surface area (Å²) in [6, 6.07) is 0. The quantitative estimate of drug-likeness (QED) is 0.648. The lowest BCUT2D eigenvalue weighted by Gasteiger charge is -2.14. The van der Waals surface area contributed by atoms with E-state index in [0.717, 1.165) is 17.8 Å². The van der Waals surface area contributed by atoms with Crippen LogP contribution in [0.15, 0.2) is 5.38 Å². The molecule has 0 aliphatic heterocycles. The maximum atomic E-state index is 11.5. The molecule has 2 rings (SSSR count). The van der Waals surface area contributed by atoms with Crippen molar-refractivity contribution in [2.45, 2.75) is 32.3 Å². The molecule has 0 spiro atoms. The minimum Gasteiger partial charge on any atom is -0.503 e. The summed E-state index contributed by atoms with van der Waals surface area (Å²) in [7, 11) is 2.75. The van der Waals surface area contributed by atoms with Gasteiger partial charge in [-0.15, -0.1) is 11.3 Å². The highest BCUT2D eigenvalue weighted by atomic mass is 32.1. The first kappa shape index (κ1) is 18.9. The van der Waals surface area contributed by atoms with Gasteiger partial charge in [0.05, 0.1) is 25.3 Å². The standard InChI is InChI=1S/C16H21N3O5S/c1-8(20)5-4-6-10-18-9(7-25-10)11-14(23-2)15(24-3)13(21)12(19-11)16(17)22/h7-8,20-21H,4-6H2,1-3H3,(H2,17,22). The number of primary amides is 1. The SMILES string of the molecule is COc1c(-c2csc(CCCC(C)O)n2)nc(C(N)=O)c(O)c1OC. The lowest BCUT2D eigenvalue weighted by Crippen LogP contribution is -2.15. The van der Waals surface area contributed by atoms with Gasteiger partial charge in [-0.25, -0.2) is 9.97 Å². The molecule has 1 atom stereocenters. The average molecular weight is 367 g/mol. The number of carbonyl (C=O) groups is 1. The van der Waals surface area contributed by atoms with Gasteiger partial charge in [-0.1, -0.05) is 0 Å². The van der Waals surface area contributed by atoms with E-state index in [9.17, 15) is 15.0 Å². The number of hydrogen-bond donors (Lipinski definition) is 3. The van der Waals surface area contributed by atoms with Gasteiger partial charge in [-0.05, 0) is 26.2 Å². The number of hydrogen-bond acceptors (Lipinski definition) is 8. The van der Waals surface area contributed by atoms with Crippen molar-refractivity contribution in [1.29, 1.82) is 0 Å². The van der Waals surface area contributed by atoms with Crippen LogP contribution in [0.5, 0.6) is 17.2 Å². The molecule has 0 fully saturated rings. The summed E-state index contributed by atoms with van der Waals surface area (Å²) in [5.41, 5.74) is 5.73. The normalized spacial score (nSPS) is 12.0. The number of thiazole rings is 1. The van der Waals surface area contributed by atoms with E-state index in [4.69, 9.17) is 15.2 Å². The van der Waals surface area contributed by atoms with Crippen molar-refractivity contribution in [3.8, 4) is 28.6 Å². The smallest absolute Gasteiger partial charge is 0.271 e. The molecule has 1 unspecified atom stereocenters. The van der Waals surface area contributed by atoms with Crippen LogP contribution in [0, 0.1) is 0 Å². The fraction of sp³-hybridized carbons (Fsp3) is 0.438. The molecular weight excluding hydrogens is 346 g/mol. The van der Waals surface area contributed by atoms with E-state index in [0.29, 0.717) is 12.1 Å². The predicted octanol–water partition coefficient (Wildman–Crippen LogP) is 1.73. The minimum atomic E-state index is -0.882. The Morgan fingerprint density at radius 1 is 1.32 bits per heavy atom. The average Bonchev–Trinajstić information content (AvgIpc) is 3.02. The van der Waals surface area contributed by atoms with Crippen molar-refractivity contribution in [2.24, 2.45) is 5.73 Å². The molecule has 0 radical (unpaired) electrons. The molecule has 1 amide bonds. The third-order valence-electron chi connectivity index (χ3n) is 3.53. The van der Waals surface area contributed by atoms with Gasteiger partial charge in [0.1, 0.15) is 11.4 Å². The molecule has 0 aromatic carbocycles. The molecule has 0 bridgehead atoms. The molecule has 0 saturated heterocycles. The maximum absolute atomic E-state index is 11.5. The summed E-state index contributed by atoms with van der Waals surface area (Å²) in [5.74, 6) is -1.20. The number of ether oxygens (including phenoxy) is 2. The van der Waals surface area contributed by atoms with E-state index in [1.807, 2.05) is 0 Å². The van der Waals surface area contributed by atoms with Crippen molar-refractivity contribution in [3.63, 3.8) is 0 Å². The van der Waals surface area contributed by atoms with Crippen LogP contribution in [0.2, 0.25) is 0 Å². The van der Waals surface area contributed by atoms with Crippen LogP contribution in [-0.4, -0.2) is 46.4 Å². The number of methoxy groups -OCH3 is 2. The van der Waals surface area contributed by atoms with Gasteiger partial charge >= 0.3 is 0 Å². The van der Waals surface area contributed by atoms with Crippen molar-refractivity contribution >= 4 is 17.2 Å². The number of aryl methyl sites for hydroxylation is 1. The van der Waals surface area contributed by atoms with Crippen LogP contribution < -0.4 is 15.2 Å². The molecule has 0 saturated carbocycles. The van der Waals surface area contributed by atoms with Gasteiger partial charge in [0, 0.05) is 5.38 Å². The number of aromatic hydroxyl groups is 1. The summed E-state index contributed by atoms with van der Waals surface area (Å²) < 4.78 is 10.4. The van der Waals surface area contributed by atoms with Gasteiger partial charge < -0.3 is 25.4 Å². The van der Waals surface area contributed by atoms with Crippen molar-refractivity contribution in [2.75, 3.05) is 14.2 Å². The van der Waals surface area contributed by atoms with Gasteiger partial charge in [-0.2, -0.15) is 0 Å². The summed E-state index contributed by atoms with van der Waals surface area (Å²) in [4.78, 5) is 20.2. The van der Waals surface area contributed by atoms with Crippen LogP contribution in [0.1, 0.15) is 35.3 Å². The highest BCUT2D eigenvalue weighted by molar-refractivity contribution is 7.09. The highest BCUT2D eigenvalue weighted by Crippen LogP contribution is 2.44. The minimum absolute atomic E-state index is 0.0232. The summed E-state index contributed by atoms with van der Waals surface area (Å²) >= 11 is 1.44. The zero-order valence-electron chi connectivity index (χ0n) is 14.3. The monoisotopic (exact) mass is 367 g/mol. The number of nitrogens with two attached hydrogens (primary N) is 1. The third-order valence-corrected chi connectivity index (χ3v) is 4.44. The molecule has 0 aliphatic rings. The first-order valence-corrected chi connectivity index (χ1v) is 8.54. The van der Waals surface area contributed by atoms with Gasteiger partial charge in [0.25, 0.3) is 5.91 Å². The Morgan fingerprint density at radius 3 is 2.56 bits per heavy atom. The molecule has 8 nitrogen and oxygen atoms in total. The summed E-state index contributed by atoms with van der Waals surface area (Å²) in [5, 5.41) is 22.1. The van der Waals surface area contributed by atoms with Gasteiger partial charge in [-0.3, -0.25) is 4.79 Å². The lowest BCUT2D eigenvalue weighted by molar-refractivity contribution is 0.0992. The maximum Gasteiger partial charge on any atom is 0.271 e. The van der Waals surface area contributed by atoms with Crippen molar-refractivity contribution in [3.05, 3.63) is 16.1 Å². The Hall–Kier alpha value is -2.39. The molecular formula is C16H21N3O5S. The second-order valence-electron chi connectivity index (χ2n) is 5.46. The van der Waals surface area contributed by atoms with Crippen LogP contribution in [0.3, 0.4) is 0 Å². The van der Waals surface area contributed by atoms with Crippen LogP contribution in [0.4, 0.5) is 0 Å². The van der Waals surface area contributed by atoms with Crippen LogP contribution >= 0.6 is 11.3 Å². The Balaban J connectivity index is 2.43. The first-order valence-electron chi connectivity index (χ1n) is 7.66. The number of amides is 1. The number of rotatable bonds is 8. The highest BCUT2D eigenvalue weighted by Gasteiger charge is 2.25. The molecule has 2 aromatic rings. The van der Waals surface area contributed by atoms with Crippen LogP contribution in [0.25, 0.3) is 11.4 Å². The molecule has 4 N–H and O–H groups in total. The molecule has 136 valence electrons. The van der Waals surface area contributed by atoms with E-state index >= 15 is 0 Å². The Bertz CT molecular complexity index is 760. The second-order valence-corrected chi connectivity index (χ2v) is 6.40. The predicted molar refractivity (Wildman–Crippen MR) is 93.3 cm³/mol. The molecule has 2 heterocycles. The molecule has 25 heavy (non-hydrogen) atoms. The number of aliphatic hydroxyl groups excluding tert-OH is 1. The fourth-order valence-electron chi connectivity index (χ4n) is 2.35. The number of aliphatic hydroxyl groups is 1. The van der Waals surface area contributed by atoms with E-state index in [1.165, 1.54) is 25.6 Å². The summed E-state index contributed by atoms with van der Waals surface area (Å²) in [6.07, 6.45) is 1.87. The Kier molecular flexibility index (Phi) is 6.16. The Labute approximate surface area is 149 Å². The van der Waals surface area contributed by atoms with E-state index in [2.05, 4.69) is 9.97 Å². The number of pyridine rings is 1. The topological polar surface area (TPSA) is 128 Å². The number of nitrogens with zero attached hydrogens (tertiary/aromatic N) is 2. The van der Waals surface area contributed by atoms with Gasteiger partial charge in [0.2, 0.25) is 5.75 Å². The fourth-order valence-corrected chi connectivity index (χ4v) is 3.17. The van der Waals surface area contributed by atoms with Crippen LogP contribution in [-0.2, 0) is 6.42 Å². The Morgan fingerprint density at radius 2 is 2.00 bits per heavy atom. The molecule has 2 aromatic heterocycles. The summed E-state index contributed by atoms with van der Waals surface area (Å²) in [6.45, 7) is 1.75. The van der Waals surface area contributed by atoms with E-state index < -0.39 is 11.7 Å². The zero-order valence-corrected chi connectivity index (χ0v) is 15.1. The zero-order chi connectivity index (χ0) is 18.6. The number of aromatic nitrogens is 2.